The Morgan fingerprint density at radius 3 is 1.06 bits per heavy atom. The van der Waals surface area contributed by atoms with Crippen LogP contribution in [0.5, 0.6) is 0 Å². The maximum atomic E-state index is 12.6. The summed E-state index contributed by atoms with van der Waals surface area (Å²) in [7, 11) is 0. The molecule has 0 heterocycles. The van der Waals surface area contributed by atoms with Crippen molar-refractivity contribution in [3.63, 3.8) is 0 Å². The van der Waals surface area contributed by atoms with Gasteiger partial charge in [0.15, 0.2) is 6.10 Å². The zero-order chi connectivity index (χ0) is 36.2. The van der Waals surface area contributed by atoms with E-state index < -0.39 is 6.10 Å². The Labute approximate surface area is 304 Å². The van der Waals surface area contributed by atoms with Crippen LogP contribution in [0.2, 0.25) is 0 Å². The number of rotatable bonds is 37. The van der Waals surface area contributed by atoms with E-state index in [1.165, 1.54) is 116 Å². The molecule has 0 aromatic carbocycles. The summed E-state index contributed by atoms with van der Waals surface area (Å²) < 4.78 is 16.6. The van der Waals surface area contributed by atoms with Gasteiger partial charge >= 0.3 is 17.9 Å². The fraction of sp³-hybridized carbons (Fsp3) is 0.930. The number of unbranched alkanes of at least 4 members (excludes halogenated alkanes) is 20. The van der Waals surface area contributed by atoms with Crippen LogP contribution in [0.1, 0.15) is 227 Å². The van der Waals surface area contributed by atoms with Gasteiger partial charge in [0.25, 0.3) is 0 Å². The molecule has 0 aliphatic carbocycles. The van der Waals surface area contributed by atoms with Crippen molar-refractivity contribution in [1.82, 2.24) is 0 Å². The Balaban J connectivity index is 4.28. The molecule has 0 aliphatic rings. The molecule has 0 rings (SSSR count). The summed E-state index contributed by atoms with van der Waals surface area (Å²) in [5.74, 6) is 0.813. The monoisotopic (exact) mass is 695 g/mol. The van der Waals surface area contributed by atoms with Gasteiger partial charge in [0, 0.05) is 19.3 Å². The fourth-order valence-electron chi connectivity index (χ4n) is 6.16. The molecule has 2 unspecified atom stereocenters. The van der Waals surface area contributed by atoms with E-state index in [4.69, 9.17) is 14.2 Å². The predicted molar refractivity (Wildman–Crippen MR) is 206 cm³/mol. The van der Waals surface area contributed by atoms with E-state index in [-0.39, 0.29) is 31.1 Å². The van der Waals surface area contributed by atoms with Crippen molar-refractivity contribution < 1.29 is 28.6 Å². The average Bonchev–Trinajstić information content (AvgIpc) is 3.10. The molecule has 0 aromatic rings. The van der Waals surface area contributed by atoms with E-state index >= 15 is 0 Å². The lowest BCUT2D eigenvalue weighted by Crippen LogP contribution is -2.30. The molecule has 0 aromatic heterocycles. The number of carbonyl (C=O) groups is 3. The molecule has 0 radical (unpaired) electrons. The van der Waals surface area contributed by atoms with Crippen molar-refractivity contribution in [2.24, 2.45) is 11.8 Å². The van der Waals surface area contributed by atoms with Crippen LogP contribution in [0.15, 0.2) is 0 Å². The summed E-state index contributed by atoms with van der Waals surface area (Å²) in [6, 6.07) is 0. The number of hydrogen-bond donors (Lipinski definition) is 0. The second kappa shape index (κ2) is 36.2. The van der Waals surface area contributed by atoms with Crippen molar-refractivity contribution in [1.29, 1.82) is 0 Å². The van der Waals surface area contributed by atoms with Gasteiger partial charge in [-0.2, -0.15) is 0 Å². The lowest BCUT2D eigenvalue weighted by molar-refractivity contribution is -0.167. The molecule has 290 valence electrons. The van der Waals surface area contributed by atoms with Gasteiger partial charge in [0.1, 0.15) is 13.2 Å². The van der Waals surface area contributed by atoms with Gasteiger partial charge in [-0.15, -0.1) is 0 Å². The van der Waals surface area contributed by atoms with Crippen LogP contribution in [0.25, 0.3) is 0 Å². The quantitative estimate of drug-likeness (QED) is 0.0366. The predicted octanol–water partition coefficient (Wildman–Crippen LogP) is 13.0. The summed E-state index contributed by atoms with van der Waals surface area (Å²) >= 11 is 0. The van der Waals surface area contributed by atoms with Gasteiger partial charge in [-0.3, -0.25) is 14.4 Å². The Bertz CT molecular complexity index is 753. The van der Waals surface area contributed by atoms with Gasteiger partial charge in [-0.05, 0) is 31.1 Å². The second-order valence-electron chi connectivity index (χ2n) is 15.1. The van der Waals surface area contributed by atoms with E-state index in [9.17, 15) is 14.4 Å². The summed E-state index contributed by atoms with van der Waals surface area (Å²) in [6.45, 7) is 11.3. The van der Waals surface area contributed by atoms with E-state index in [1.807, 2.05) is 0 Å². The summed E-state index contributed by atoms with van der Waals surface area (Å²) in [5.41, 5.74) is 0. The van der Waals surface area contributed by atoms with Crippen LogP contribution >= 0.6 is 0 Å². The Hall–Kier alpha value is -1.59. The van der Waals surface area contributed by atoms with E-state index in [2.05, 4.69) is 34.6 Å². The molecule has 0 N–H and O–H groups in total. The van der Waals surface area contributed by atoms with Crippen LogP contribution in [-0.2, 0) is 28.6 Å². The zero-order valence-corrected chi connectivity index (χ0v) is 33.3. The standard InChI is InChI=1S/C43H82O6/c1-6-9-10-11-16-25-30-35-43(46)49-40(37-48-42(45)34-29-24-20-19-22-27-32-39(5)8-3)36-47-41(44)33-28-23-18-15-13-12-14-17-21-26-31-38(4)7-2/h38-40H,6-37H2,1-5H3/t38?,39?,40-/m1/s1. The largest absolute Gasteiger partial charge is 0.462 e. The summed E-state index contributed by atoms with van der Waals surface area (Å²) in [6.07, 6.45) is 32.4. The van der Waals surface area contributed by atoms with Gasteiger partial charge in [0.2, 0.25) is 0 Å². The van der Waals surface area contributed by atoms with Gasteiger partial charge < -0.3 is 14.2 Å². The summed E-state index contributed by atoms with van der Waals surface area (Å²) in [4.78, 5) is 37.5. The van der Waals surface area contributed by atoms with Crippen LogP contribution < -0.4 is 0 Å². The molecule has 0 saturated carbocycles. The van der Waals surface area contributed by atoms with E-state index in [0.717, 1.165) is 69.6 Å². The van der Waals surface area contributed by atoms with Crippen molar-refractivity contribution in [3.05, 3.63) is 0 Å². The SMILES string of the molecule is CCCCCCCCCC(=O)O[C@H](COC(=O)CCCCCCCCCCCCC(C)CC)COC(=O)CCCCCCCCC(C)CC. The van der Waals surface area contributed by atoms with Crippen molar-refractivity contribution in [3.8, 4) is 0 Å². The molecule has 0 saturated heterocycles. The molecule has 0 bridgehead atoms. The first-order valence-electron chi connectivity index (χ1n) is 21.3. The van der Waals surface area contributed by atoms with E-state index in [0.29, 0.717) is 19.3 Å². The highest BCUT2D eigenvalue weighted by atomic mass is 16.6. The Morgan fingerprint density at radius 2 is 0.714 bits per heavy atom. The van der Waals surface area contributed by atoms with Gasteiger partial charge in [-0.25, -0.2) is 0 Å². The third-order valence-electron chi connectivity index (χ3n) is 10.2. The van der Waals surface area contributed by atoms with Crippen LogP contribution in [0, 0.1) is 11.8 Å². The third-order valence-corrected chi connectivity index (χ3v) is 10.2. The van der Waals surface area contributed by atoms with Crippen LogP contribution in [0.3, 0.4) is 0 Å². The van der Waals surface area contributed by atoms with Gasteiger partial charge in [0.05, 0.1) is 0 Å². The molecular formula is C43H82O6. The average molecular weight is 695 g/mol. The Morgan fingerprint density at radius 1 is 0.408 bits per heavy atom. The topological polar surface area (TPSA) is 78.9 Å². The lowest BCUT2D eigenvalue weighted by Gasteiger charge is -2.18. The van der Waals surface area contributed by atoms with E-state index in [1.54, 1.807) is 0 Å². The minimum atomic E-state index is -0.759. The first-order valence-corrected chi connectivity index (χ1v) is 21.3. The molecule has 3 atom stereocenters. The minimum absolute atomic E-state index is 0.0666. The number of carbonyl (C=O) groups excluding carboxylic acids is 3. The third kappa shape index (κ3) is 34.6. The molecule has 6 heteroatoms. The Kier molecular flexibility index (Phi) is 35.0. The van der Waals surface area contributed by atoms with Crippen molar-refractivity contribution >= 4 is 17.9 Å². The first kappa shape index (κ1) is 47.4. The van der Waals surface area contributed by atoms with Gasteiger partial charge in [-0.1, -0.05) is 189 Å². The smallest absolute Gasteiger partial charge is 0.306 e. The summed E-state index contributed by atoms with van der Waals surface area (Å²) in [5, 5.41) is 0. The maximum absolute atomic E-state index is 12.6. The number of ether oxygens (including phenoxy) is 3. The van der Waals surface area contributed by atoms with Crippen LogP contribution in [-0.4, -0.2) is 37.2 Å². The molecule has 0 fully saturated rings. The first-order chi connectivity index (χ1) is 23.8. The molecule has 49 heavy (non-hydrogen) atoms. The highest BCUT2D eigenvalue weighted by molar-refractivity contribution is 5.71. The van der Waals surface area contributed by atoms with Crippen LogP contribution in [0.4, 0.5) is 0 Å². The molecular weight excluding hydrogens is 612 g/mol. The lowest BCUT2D eigenvalue weighted by atomic mass is 9.99. The molecule has 0 aliphatic heterocycles. The van der Waals surface area contributed by atoms with Crippen molar-refractivity contribution in [2.45, 2.75) is 233 Å². The molecule has 6 nitrogen and oxygen atoms in total. The molecule has 0 amide bonds. The fourth-order valence-corrected chi connectivity index (χ4v) is 6.16. The number of hydrogen-bond acceptors (Lipinski definition) is 6. The number of esters is 3. The second-order valence-corrected chi connectivity index (χ2v) is 15.1. The highest BCUT2D eigenvalue weighted by Crippen LogP contribution is 2.17. The normalized spacial score (nSPS) is 13.2. The highest BCUT2D eigenvalue weighted by Gasteiger charge is 2.19. The minimum Gasteiger partial charge on any atom is -0.462 e. The van der Waals surface area contributed by atoms with Crippen molar-refractivity contribution in [2.75, 3.05) is 13.2 Å². The maximum Gasteiger partial charge on any atom is 0.306 e. The zero-order valence-electron chi connectivity index (χ0n) is 33.3. The molecule has 0 spiro atoms.